The number of hydrogen-bond acceptors (Lipinski definition) is 6. The Morgan fingerprint density at radius 1 is 1.38 bits per heavy atom. The second kappa shape index (κ2) is 5.29. The molecule has 16 heavy (non-hydrogen) atoms. The number of ether oxygens (including phenoxy) is 1. The largest absolute Gasteiger partial charge is 0.394 e. The Balaban J connectivity index is 0.000000385. The Labute approximate surface area is 90.0 Å². The van der Waals surface area contributed by atoms with Gasteiger partial charge in [-0.25, -0.2) is 0 Å². The van der Waals surface area contributed by atoms with Gasteiger partial charge in [0.1, 0.15) is 6.10 Å². The Kier molecular flexibility index (Phi) is 5.16. The van der Waals surface area contributed by atoms with Gasteiger partial charge in [-0.15, -0.1) is 0 Å². The smallest absolute Gasteiger partial charge is 0.325 e. The summed E-state index contributed by atoms with van der Waals surface area (Å²) in [6, 6.07) is 0. The zero-order chi connectivity index (χ0) is 13.1. The lowest BCUT2D eigenvalue weighted by Gasteiger charge is -2.14. The molecule has 0 aromatic carbocycles. The third-order valence-corrected chi connectivity index (χ3v) is 1.56. The van der Waals surface area contributed by atoms with Crippen LogP contribution in [0.25, 0.3) is 0 Å². The first kappa shape index (κ1) is 15.6. The van der Waals surface area contributed by atoms with Crippen molar-refractivity contribution in [2.75, 3.05) is 12.9 Å². The second-order valence-corrected chi connectivity index (χ2v) is 4.53. The average Bonchev–Trinajstić information content (AvgIpc) is 2.26. The van der Waals surface area contributed by atoms with Gasteiger partial charge in [0.2, 0.25) is 6.29 Å². The summed E-state index contributed by atoms with van der Waals surface area (Å²) in [7, 11) is -3.67. The van der Waals surface area contributed by atoms with E-state index in [2.05, 4.69) is 4.74 Å². The van der Waals surface area contributed by atoms with Crippen LogP contribution in [0.15, 0.2) is 0 Å². The van der Waals surface area contributed by atoms with Crippen molar-refractivity contribution >= 4 is 10.1 Å². The molecule has 1 unspecified atom stereocenters. The van der Waals surface area contributed by atoms with Crippen LogP contribution in [0.4, 0.5) is 8.78 Å². The Morgan fingerprint density at radius 3 is 1.88 bits per heavy atom. The number of hydrogen-bond donors (Lipinski definition) is 4. The Hall–Kier alpha value is -0.390. The molecule has 3 atom stereocenters. The van der Waals surface area contributed by atoms with Crippen molar-refractivity contribution in [2.24, 2.45) is 0 Å². The molecular weight excluding hydrogens is 254 g/mol. The van der Waals surface area contributed by atoms with E-state index in [9.17, 15) is 17.2 Å². The molecule has 1 rings (SSSR count). The highest BCUT2D eigenvalue weighted by Crippen LogP contribution is 2.34. The molecule has 1 aliphatic rings. The molecule has 0 spiro atoms. The maximum atomic E-state index is 12.4. The maximum absolute atomic E-state index is 12.4. The predicted octanol–water partition coefficient (Wildman–Crippen LogP) is -1.80. The third-order valence-electron chi connectivity index (χ3n) is 1.56. The first-order valence-electron chi connectivity index (χ1n) is 3.93. The predicted molar refractivity (Wildman–Crippen MR) is 46.4 cm³/mol. The molecule has 1 fully saturated rings. The van der Waals surface area contributed by atoms with Crippen molar-refractivity contribution in [1.82, 2.24) is 0 Å². The van der Waals surface area contributed by atoms with Crippen LogP contribution in [-0.2, 0) is 14.9 Å². The van der Waals surface area contributed by atoms with Crippen LogP contribution in [-0.4, -0.2) is 65.6 Å². The molecule has 0 radical (unpaired) electrons. The molecule has 0 aromatic heterocycles. The standard InChI is InChI=1S/C5H8F2O4.CH4O3S/c6-5(7)3(9)2(1-8)11-4(5)10;1-5(2,3)4/h2-4,8-10H,1H2;1H3,(H,2,3,4)/t2-,3-,4?;/m1./s1. The van der Waals surface area contributed by atoms with Crippen molar-refractivity contribution in [3.05, 3.63) is 0 Å². The molecule has 0 amide bonds. The van der Waals surface area contributed by atoms with E-state index in [0.717, 1.165) is 0 Å². The van der Waals surface area contributed by atoms with E-state index in [1.165, 1.54) is 0 Å². The van der Waals surface area contributed by atoms with Crippen LogP contribution >= 0.6 is 0 Å². The summed E-state index contributed by atoms with van der Waals surface area (Å²) in [6.45, 7) is -0.742. The molecular formula is C6H12F2O7S. The maximum Gasteiger partial charge on any atom is 0.325 e. The van der Waals surface area contributed by atoms with Crippen molar-refractivity contribution in [3.8, 4) is 0 Å². The second-order valence-electron chi connectivity index (χ2n) is 3.06. The summed E-state index contributed by atoms with van der Waals surface area (Å²) >= 11 is 0. The first-order valence-corrected chi connectivity index (χ1v) is 5.77. The van der Waals surface area contributed by atoms with Gasteiger partial charge in [-0.1, -0.05) is 0 Å². The van der Waals surface area contributed by atoms with E-state index < -0.39 is 41.1 Å². The minimum absolute atomic E-state index is 0.715. The van der Waals surface area contributed by atoms with Gasteiger partial charge in [-0.05, 0) is 0 Å². The molecule has 4 N–H and O–H groups in total. The van der Waals surface area contributed by atoms with Crippen molar-refractivity contribution in [1.29, 1.82) is 0 Å². The third kappa shape index (κ3) is 4.63. The van der Waals surface area contributed by atoms with E-state index in [-0.39, 0.29) is 0 Å². The Morgan fingerprint density at radius 2 is 1.75 bits per heavy atom. The van der Waals surface area contributed by atoms with Crippen molar-refractivity contribution in [2.45, 2.75) is 24.4 Å². The van der Waals surface area contributed by atoms with Gasteiger partial charge in [0.05, 0.1) is 12.9 Å². The number of aliphatic hydroxyl groups is 3. The molecule has 1 aliphatic heterocycles. The normalized spacial score (nSPS) is 33.1. The topological polar surface area (TPSA) is 124 Å². The van der Waals surface area contributed by atoms with Crippen LogP contribution < -0.4 is 0 Å². The molecule has 10 heteroatoms. The summed E-state index contributed by atoms with van der Waals surface area (Å²) < 4.78 is 54.9. The van der Waals surface area contributed by atoms with Crippen LogP contribution in [0.5, 0.6) is 0 Å². The SMILES string of the molecule is CS(=O)(=O)O.OC[C@H]1OC(O)C(F)(F)[C@@H]1O. The van der Waals surface area contributed by atoms with Crippen LogP contribution in [0, 0.1) is 0 Å². The van der Waals surface area contributed by atoms with Gasteiger partial charge in [0.25, 0.3) is 10.1 Å². The van der Waals surface area contributed by atoms with E-state index in [1.807, 2.05) is 0 Å². The fourth-order valence-corrected chi connectivity index (χ4v) is 0.868. The van der Waals surface area contributed by atoms with Crippen LogP contribution in [0.3, 0.4) is 0 Å². The molecule has 7 nitrogen and oxygen atoms in total. The molecule has 1 heterocycles. The monoisotopic (exact) mass is 266 g/mol. The molecule has 0 aromatic rings. The fraction of sp³-hybridized carbons (Fsp3) is 1.00. The molecule has 1 saturated heterocycles. The minimum Gasteiger partial charge on any atom is -0.394 e. The molecule has 0 aliphatic carbocycles. The summed E-state index contributed by atoms with van der Waals surface area (Å²) in [5.41, 5.74) is 0. The van der Waals surface area contributed by atoms with Crippen LogP contribution in [0.2, 0.25) is 0 Å². The van der Waals surface area contributed by atoms with Crippen molar-refractivity contribution < 1.29 is 41.8 Å². The lowest BCUT2D eigenvalue weighted by molar-refractivity contribution is -0.198. The van der Waals surface area contributed by atoms with Crippen molar-refractivity contribution in [3.63, 3.8) is 0 Å². The highest BCUT2D eigenvalue weighted by molar-refractivity contribution is 7.85. The lowest BCUT2D eigenvalue weighted by atomic mass is 10.1. The number of alkyl halides is 2. The zero-order valence-electron chi connectivity index (χ0n) is 8.12. The van der Waals surface area contributed by atoms with E-state index in [1.54, 1.807) is 0 Å². The van der Waals surface area contributed by atoms with Gasteiger partial charge in [-0.3, -0.25) is 4.55 Å². The highest BCUT2D eigenvalue weighted by atomic mass is 32.2. The zero-order valence-corrected chi connectivity index (χ0v) is 8.93. The van der Waals surface area contributed by atoms with Gasteiger partial charge in [0, 0.05) is 0 Å². The highest BCUT2D eigenvalue weighted by Gasteiger charge is 2.57. The molecule has 98 valence electrons. The van der Waals surface area contributed by atoms with E-state index in [4.69, 9.17) is 19.9 Å². The number of halogens is 2. The summed E-state index contributed by atoms with van der Waals surface area (Å²) in [5, 5.41) is 25.5. The molecule has 0 saturated carbocycles. The summed E-state index contributed by atoms with van der Waals surface area (Å²) in [5.74, 6) is -3.69. The van der Waals surface area contributed by atoms with Crippen LogP contribution in [0.1, 0.15) is 0 Å². The summed E-state index contributed by atoms with van der Waals surface area (Å²) in [4.78, 5) is 0. The van der Waals surface area contributed by atoms with Gasteiger partial charge < -0.3 is 20.1 Å². The van der Waals surface area contributed by atoms with Gasteiger partial charge >= 0.3 is 5.92 Å². The lowest BCUT2D eigenvalue weighted by Crippen LogP contribution is -2.40. The Bertz CT molecular complexity index is 309. The van der Waals surface area contributed by atoms with Gasteiger partial charge in [-0.2, -0.15) is 17.2 Å². The summed E-state index contributed by atoms with van der Waals surface area (Å²) in [6.07, 6.45) is -5.15. The first-order chi connectivity index (χ1) is 7.00. The number of aliphatic hydroxyl groups excluding tert-OH is 3. The minimum atomic E-state index is -3.69. The fourth-order valence-electron chi connectivity index (χ4n) is 0.868. The van der Waals surface area contributed by atoms with E-state index in [0.29, 0.717) is 6.26 Å². The quantitative estimate of drug-likeness (QED) is 0.412. The molecule has 0 bridgehead atoms. The average molecular weight is 266 g/mol. The van der Waals surface area contributed by atoms with Gasteiger partial charge in [0.15, 0.2) is 6.10 Å². The van der Waals surface area contributed by atoms with E-state index >= 15 is 0 Å². The number of rotatable bonds is 1.